The van der Waals surface area contributed by atoms with Gasteiger partial charge in [0, 0.05) is 11.3 Å². The molecule has 0 bridgehead atoms. The molecule has 16 heavy (non-hydrogen) atoms. The molecular weight excluding hydrogens is 240 g/mol. The number of nitrogens with zero attached hydrogens (tertiary/aromatic N) is 1. The zero-order chi connectivity index (χ0) is 11.4. The molecule has 1 aromatic carbocycles. The van der Waals surface area contributed by atoms with E-state index < -0.39 is 0 Å². The molecule has 0 saturated heterocycles. The van der Waals surface area contributed by atoms with Gasteiger partial charge in [0.25, 0.3) is 5.91 Å². The van der Waals surface area contributed by atoms with Gasteiger partial charge in [-0.05, 0) is 18.4 Å². The summed E-state index contributed by atoms with van der Waals surface area (Å²) in [6.45, 7) is 0. The van der Waals surface area contributed by atoms with Gasteiger partial charge in [0.2, 0.25) is 0 Å². The third-order valence-electron chi connectivity index (χ3n) is 2.15. The highest BCUT2D eigenvalue weighted by molar-refractivity contribution is 8.15. The van der Waals surface area contributed by atoms with E-state index in [4.69, 9.17) is 0 Å². The zero-order valence-corrected chi connectivity index (χ0v) is 10.5. The summed E-state index contributed by atoms with van der Waals surface area (Å²) in [6.07, 6.45) is 2.02. The van der Waals surface area contributed by atoms with Crippen molar-refractivity contribution in [1.82, 2.24) is 5.32 Å². The SMILES string of the molecule is CSC1CSC(NC(=O)c2ccccc2)=N1. The van der Waals surface area contributed by atoms with Crippen molar-refractivity contribution in [2.45, 2.75) is 5.37 Å². The lowest BCUT2D eigenvalue weighted by Gasteiger charge is -2.02. The molecule has 2 rings (SSSR count). The monoisotopic (exact) mass is 252 g/mol. The number of nitrogens with one attached hydrogen (secondary N) is 1. The summed E-state index contributed by atoms with van der Waals surface area (Å²) in [5.41, 5.74) is 0.665. The molecule has 1 unspecified atom stereocenters. The molecule has 5 heteroatoms. The van der Waals surface area contributed by atoms with Crippen LogP contribution in [-0.4, -0.2) is 28.5 Å². The van der Waals surface area contributed by atoms with E-state index in [0.29, 0.717) is 5.56 Å². The average molecular weight is 252 g/mol. The van der Waals surface area contributed by atoms with E-state index in [0.717, 1.165) is 10.9 Å². The van der Waals surface area contributed by atoms with Gasteiger partial charge < -0.3 is 5.32 Å². The summed E-state index contributed by atoms with van der Waals surface area (Å²) in [7, 11) is 0. The number of amides is 1. The number of amidine groups is 1. The molecule has 84 valence electrons. The number of thioether (sulfide) groups is 2. The first-order chi connectivity index (χ1) is 7.79. The number of hydrogen-bond acceptors (Lipinski definition) is 4. The standard InChI is InChI=1S/C11H12N2OS2/c1-15-9-7-16-11(12-9)13-10(14)8-5-3-2-4-6-8/h2-6,9H,7H2,1H3,(H,12,13,14). The fourth-order valence-corrected chi connectivity index (χ4v) is 3.07. The van der Waals surface area contributed by atoms with Crippen molar-refractivity contribution in [3.8, 4) is 0 Å². The normalized spacial score (nSPS) is 19.3. The van der Waals surface area contributed by atoms with Crippen LogP contribution in [0, 0.1) is 0 Å². The third kappa shape index (κ3) is 2.80. The highest BCUT2D eigenvalue weighted by atomic mass is 32.2. The Labute approximate surface area is 103 Å². The number of hydrogen-bond donors (Lipinski definition) is 1. The number of rotatable bonds is 2. The van der Waals surface area contributed by atoms with Crippen LogP contribution in [0.25, 0.3) is 0 Å². The molecule has 1 atom stereocenters. The van der Waals surface area contributed by atoms with Crippen molar-refractivity contribution in [1.29, 1.82) is 0 Å². The topological polar surface area (TPSA) is 41.5 Å². The summed E-state index contributed by atoms with van der Waals surface area (Å²) < 4.78 is 0. The molecule has 0 radical (unpaired) electrons. The maximum Gasteiger partial charge on any atom is 0.257 e. The molecule has 0 aromatic heterocycles. The van der Waals surface area contributed by atoms with E-state index in [1.54, 1.807) is 35.7 Å². The lowest BCUT2D eigenvalue weighted by molar-refractivity contribution is 0.0978. The predicted molar refractivity (Wildman–Crippen MR) is 71.1 cm³/mol. The Morgan fingerprint density at radius 2 is 2.25 bits per heavy atom. The van der Waals surface area contributed by atoms with Crippen LogP contribution < -0.4 is 5.32 Å². The van der Waals surface area contributed by atoms with Crippen molar-refractivity contribution in [3.05, 3.63) is 35.9 Å². The van der Waals surface area contributed by atoms with E-state index in [1.165, 1.54) is 0 Å². The Kier molecular flexibility index (Phi) is 3.90. The second kappa shape index (κ2) is 5.41. The first-order valence-electron chi connectivity index (χ1n) is 4.89. The lowest BCUT2D eigenvalue weighted by Crippen LogP contribution is -2.27. The van der Waals surface area contributed by atoms with Crippen molar-refractivity contribution in [3.63, 3.8) is 0 Å². The molecule has 0 fully saturated rings. The molecule has 0 saturated carbocycles. The molecule has 0 spiro atoms. The van der Waals surface area contributed by atoms with Crippen LogP contribution in [0.4, 0.5) is 0 Å². The highest BCUT2D eigenvalue weighted by Gasteiger charge is 2.18. The van der Waals surface area contributed by atoms with E-state index in [2.05, 4.69) is 10.3 Å². The molecule has 1 aromatic rings. The van der Waals surface area contributed by atoms with Gasteiger partial charge >= 0.3 is 0 Å². The molecule has 3 nitrogen and oxygen atoms in total. The largest absolute Gasteiger partial charge is 0.301 e. The number of carbonyl (C=O) groups is 1. The van der Waals surface area contributed by atoms with Crippen LogP contribution in [-0.2, 0) is 0 Å². The van der Waals surface area contributed by atoms with Gasteiger partial charge in [-0.1, -0.05) is 30.0 Å². The molecule has 1 aliphatic rings. The van der Waals surface area contributed by atoms with Crippen LogP contribution >= 0.6 is 23.5 Å². The third-order valence-corrected chi connectivity index (χ3v) is 4.14. The van der Waals surface area contributed by atoms with Crippen LogP contribution in [0.1, 0.15) is 10.4 Å². The smallest absolute Gasteiger partial charge is 0.257 e. The van der Waals surface area contributed by atoms with Gasteiger partial charge in [0.15, 0.2) is 5.17 Å². The van der Waals surface area contributed by atoms with Crippen molar-refractivity contribution < 1.29 is 4.79 Å². The summed E-state index contributed by atoms with van der Waals surface area (Å²) in [5.74, 6) is 0.847. The first-order valence-corrected chi connectivity index (χ1v) is 7.17. The zero-order valence-electron chi connectivity index (χ0n) is 8.84. The Morgan fingerprint density at radius 3 is 2.88 bits per heavy atom. The van der Waals surface area contributed by atoms with Gasteiger partial charge in [0.1, 0.15) is 5.37 Å². The van der Waals surface area contributed by atoms with Crippen molar-refractivity contribution in [2.75, 3.05) is 12.0 Å². The Hall–Kier alpha value is -0.940. The molecule has 1 amide bonds. The number of aliphatic imine (C=N–C) groups is 1. The van der Waals surface area contributed by atoms with E-state index in [-0.39, 0.29) is 11.3 Å². The maximum atomic E-state index is 11.8. The van der Waals surface area contributed by atoms with E-state index >= 15 is 0 Å². The fourth-order valence-electron chi connectivity index (χ4n) is 1.30. The Balaban J connectivity index is 1.99. The predicted octanol–water partition coefficient (Wildman–Crippen LogP) is 2.21. The second-order valence-electron chi connectivity index (χ2n) is 3.26. The molecule has 1 heterocycles. The van der Waals surface area contributed by atoms with E-state index in [1.807, 2.05) is 24.5 Å². The summed E-state index contributed by atoms with van der Waals surface area (Å²) in [4.78, 5) is 16.2. The van der Waals surface area contributed by atoms with Gasteiger partial charge in [-0.3, -0.25) is 4.79 Å². The van der Waals surface area contributed by atoms with Crippen molar-refractivity contribution in [2.24, 2.45) is 4.99 Å². The molecule has 1 N–H and O–H groups in total. The number of carbonyl (C=O) groups excluding carboxylic acids is 1. The fraction of sp³-hybridized carbons (Fsp3) is 0.273. The van der Waals surface area contributed by atoms with Gasteiger partial charge in [0.05, 0.1) is 0 Å². The molecule has 0 aliphatic carbocycles. The summed E-state index contributed by atoms with van der Waals surface area (Å²) in [6, 6.07) is 9.18. The molecule has 1 aliphatic heterocycles. The highest BCUT2D eigenvalue weighted by Crippen LogP contribution is 2.23. The van der Waals surface area contributed by atoms with Crippen LogP contribution in [0.2, 0.25) is 0 Å². The van der Waals surface area contributed by atoms with E-state index in [9.17, 15) is 4.79 Å². The minimum Gasteiger partial charge on any atom is -0.301 e. The maximum absolute atomic E-state index is 11.8. The van der Waals surface area contributed by atoms with Gasteiger partial charge in [-0.2, -0.15) is 0 Å². The Morgan fingerprint density at radius 1 is 1.50 bits per heavy atom. The van der Waals surface area contributed by atoms with Gasteiger partial charge in [-0.25, -0.2) is 4.99 Å². The number of benzene rings is 1. The minimum absolute atomic E-state index is 0.0893. The van der Waals surface area contributed by atoms with Gasteiger partial charge in [-0.15, -0.1) is 11.8 Å². The minimum atomic E-state index is -0.0893. The summed E-state index contributed by atoms with van der Waals surface area (Å²) in [5, 5.41) is 3.82. The average Bonchev–Trinajstić information content (AvgIpc) is 2.78. The summed E-state index contributed by atoms with van der Waals surface area (Å²) >= 11 is 3.29. The lowest BCUT2D eigenvalue weighted by atomic mass is 10.2. The Bertz CT molecular complexity index is 406. The molecular formula is C11H12N2OS2. The van der Waals surface area contributed by atoms with Crippen molar-refractivity contribution >= 4 is 34.6 Å². The van der Waals surface area contributed by atoms with Crippen LogP contribution in [0.15, 0.2) is 35.3 Å². The van der Waals surface area contributed by atoms with Crippen LogP contribution in [0.5, 0.6) is 0 Å². The first kappa shape index (κ1) is 11.5. The van der Waals surface area contributed by atoms with Crippen LogP contribution in [0.3, 0.4) is 0 Å². The second-order valence-corrected chi connectivity index (χ2v) is 5.28. The quantitative estimate of drug-likeness (QED) is 0.877.